The number of methoxy groups -OCH3 is 2. The van der Waals surface area contributed by atoms with E-state index < -0.39 is 0 Å². The molecule has 0 aliphatic carbocycles. The van der Waals surface area contributed by atoms with Gasteiger partial charge in [0, 0.05) is 63.0 Å². The third kappa shape index (κ3) is 19.3. The molecule has 0 amide bonds. The Kier molecular flexibility index (Phi) is 25.6. The zero-order valence-electron chi connectivity index (χ0n) is 40.0. The number of carbonyl (C=O) groups excluding carboxylic acids is 2. The van der Waals surface area contributed by atoms with Crippen LogP contribution < -0.4 is 0 Å². The molecular formula is C50H62O14S6. The van der Waals surface area contributed by atoms with E-state index in [1.807, 2.05) is 38.1 Å². The normalized spacial score (nSPS) is 12.5. The van der Waals surface area contributed by atoms with Gasteiger partial charge in [0.2, 0.25) is 0 Å². The lowest BCUT2D eigenvalue weighted by atomic mass is 10.3. The van der Waals surface area contributed by atoms with E-state index >= 15 is 0 Å². The smallest absolute Gasteiger partial charge is 0.348 e. The number of hydrogen-bond acceptors (Lipinski definition) is 20. The average Bonchev–Trinajstić information content (AvgIpc) is 4.22. The largest absolute Gasteiger partial charge is 0.459 e. The topological polar surface area (TPSA) is 145 Å². The van der Waals surface area contributed by atoms with Gasteiger partial charge in [0.25, 0.3) is 0 Å². The van der Waals surface area contributed by atoms with Crippen molar-refractivity contribution < 1.29 is 66.4 Å². The Morgan fingerprint density at radius 3 is 0.914 bits per heavy atom. The lowest BCUT2D eigenvalue weighted by molar-refractivity contribution is -0.0434. The van der Waals surface area contributed by atoms with Gasteiger partial charge in [0.15, 0.2) is 0 Å². The van der Waals surface area contributed by atoms with E-state index in [0.29, 0.717) is 102 Å². The summed E-state index contributed by atoms with van der Waals surface area (Å²) in [5, 5.41) is 0. The first kappa shape index (κ1) is 56.0. The number of thiophene rings is 6. The lowest BCUT2D eigenvalue weighted by Crippen LogP contribution is -2.21. The minimum atomic E-state index is -0.360. The van der Waals surface area contributed by atoms with Crippen LogP contribution in [0.25, 0.3) is 48.8 Å². The van der Waals surface area contributed by atoms with Gasteiger partial charge >= 0.3 is 11.9 Å². The summed E-state index contributed by atoms with van der Waals surface area (Å²) in [7, 11) is 3.28. The molecule has 0 unspecified atom stereocenters. The molecule has 6 aromatic heterocycles. The Morgan fingerprint density at radius 2 is 0.600 bits per heavy atom. The molecule has 70 heavy (non-hydrogen) atoms. The summed E-state index contributed by atoms with van der Waals surface area (Å²) in [5.74, 6) is -0.720. The van der Waals surface area contributed by atoms with Gasteiger partial charge in [-0.1, -0.05) is 0 Å². The van der Waals surface area contributed by atoms with Crippen molar-refractivity contribution in [3.63, 3.8) is 0 Å². The third-order valence-electron chi connectivity index (χ3n) is 9.75. The van der Waals surface area contributed by atoms with Gasteiger partial charge in [-0.3, -0.25) is 0 Å². The van der Waals surface area contributed by atoms with E-state index in [4.69, 9.17) is 56.8 Å². The standard InChI is InChI=1S/C50H62O14S6/c1-35(61-29-25-57-23-21-55-19-17-53-3)33-59-27-31-63-49(51)47-15-13-45(69-47)43-11-9-41(67-43)39-7-5-37(65-39)38-6-8-40(66-38)42-10-12-44(68-42)46-14-16-48(70-46)50(52)64-32-28-60-34-36(2)62-30-26-58-24-22-56-20-18-54-4/h5-16,35-36H,17-34H2,1-4H3/t35-,36-/m0/s1. The van der Waals surface area contributed by atoms with Crippen LogP contribution in [0.1, 0.15) is 33.2 Å². The molecule has 14 nitrogen and oxygen atoms in total. The number of ether oxygens (including phenoxy) is 12. The van der Waals surface area contributed by atoms with Crippen molar-refractivity contribution in [2.45, 2.75) is 26.1 Å². The van der Waals surface area contributed by atoms with Crippen LogP contribution in [0.5, 0.6) is 0 Å². The van der Waals surface area contributed by atoms with E-state index in [2.05, 4.69) is 48.5 Å². The predicted octanol–water partition coefficient (Wildman–Crippen LogP) is 10.9. The van der Waals surface area contributed by atoms with Crippen LogP contribution in [0.15, 0.2) is 72.8 Å². The summed E-state index contributed by atoms with van der Waals surface area (Å²) in [6, 6.07) is 24.8. The van der Waals surface area contributed by atoms with Gasteiger partial charge in [-0.25, -0.2) is 9.59 Å². The second kappa shape index (κ2) is 32.0. The highest BCUT2D eigenvalue weighted by atomic mass is 32.1. The monoisotopic (exact) mass is 1080 g/mol. The number of esters is 2. The van der Waals surface area contributed by atoms with Crippen molar-refractivity contribution in [3.8, 4) is 48.8 Å². The van der Waals surface area contributed by atoms with Crippen LogP contribution in [0.2, 0.25) is 0 Å². The molecule has 0 radical (unpaired) electrons. The number of hydrogen-bond donors (Lipinski definition) is 0. The summed E-state index contributed by atoms with van der Waals surface area (Å²) in [6.45, 7) is 11.7. The molecule has 382 valence electrons. The van der Waals surface area contributed by atoms with Gasteiger partial charge < -0.3 is 56.8 Å². The predicted molar refractivity (Wildman–Crippen MR) is 281 cm³/mol. The molecule has 0 aliphatic rings. The van der Waals surface area contributed by atoms with E-state index in [1.54, 1.807) is 59.6 Å². The summed E-state index contributed by atoms with van der Waals surface area (Å²) >= 11 is 9.81. The summed E-state index contributed by atoms with van der Waals surface area (Å²) in [4.78, 5) is 38.1. The Morgan fingerprint density at radius 1 is 0.343 bits per heavy atom. The summed E-state index contributed by atoms with van der Waals surface area (Å²) < 4.78 is 65.3. The minimum absolute atomic E-state index is 0.111. The van der Waals surface area contributed by atoms with Crippen LogP contribution in [-0.2, 0) is 56.8 Å². The first-order valence-electron chi connectivity index (χ1n) is 22.9. The lowest BCUT2D eigenvalue weighted by Gasteiger charge is -2.13. The molecule has 6 heterocycles. The molecule has 0 fully saturated rings. The molecule has 0 aromatic carbocycles. The summed E-state index contributed by atoms with van der Waals surface area (Å²) in [5.41, 5.74) is 0. The quantitative estimate of drug-likeness (QED) is 0.0269. The van der Waals surface area contributed by atoms with Gasteiger partial charge in [0.1, 0.15) is 23.0 Å². The van der Waals surface area contributed by atoms with Crippen LogP contribution in [-0.4, -0.2) is 157 Å². The highest BCUT2D eigenvalue weighted by Crippen LogP contribution is 2.46. The molecule has 0 N–H and O–H groups in total. The summed E-state index contributed by atoms with van der Waals surface area (Å²) in [6.07, 6.45) is -0.221. The van der Waals surface area contributed by atoms with Gasteiger partial charge in [-0.15, -0.1) is 68.0 Å². The third-order valence-corrected chi connectivity index (χ3v) is 17.2. The molecule has 20 heteroatoms. The minimum Gasteiger partial charge on any atom is -0.459 e. The Balaban J connectivity index is 0.865. The van der Waals surface area contributed by atoms with Gasteiger partial charge in [-0.2, -0.15) is 0 Å². The van der Waals surface area contributed by atoms with E-state index in [1.165, 1.54) is 51.9 Å². The maximum atomic E-state index is 12.8. The Labute approximate surface area is 434 Å². The maximum Gasteiger partial charge on any atom is 0.348 e. The van der Waals surface area contributed by atoms with Crippen LogP contribution in [0, 0.1) is 0 Å². The van der Waals surface area contributed by atoms with E-state index in [-0.39, 0.29) is 50.6 Å². The Bertz CT molecular complexity index is 2210. The van der Waals surface area contributed by atoms with E-state index in [0.717, 1.165) is 19.5 Å². The molecule has 6 rings (SSSR count). The van der Waals surface area contributed by atoms with Crippen molar-refractivity contribution in [2.24, 2.45) is 0 Å². The fourth-order valence-corrected chi connectivity index (χ4v) is 12.5. The zero-order valence-corrected chi connectivity index (χ0v) is 44.9. The average molecular weight is 1080 g/mol. The molecule has 0 bridgehead atoms. The van der Waals surface area contributed by atoms with E-state index in [9.17, 15) is 9.59 Å². The van der Waals surface area contributed by atoms with Crippen molar-refractivity contribution >= 4 is 80.0 Å². The first-order chi connectivity index (χ1) is 34.3. The fraction of sp³-hybridized carbons (Fsp3) is 0.480. The zero-order chi connectivity index (χ0) is 49.2. The molecule has 0 saturated heterocycles. The molecule has 0 aliphatic heterocycles. The Hall–Kier alpha value is -3.26. The second-order valence-electron chi connectivity index (χ2n) is 15.2. The molecule has 0 saturated carbocycles. The fourth-order valence-electron chi connectivity index (χ4n) is 6.24. The van der Waals surface area contributed by atoms with Crippen molar-refractivity contribution in [2.75, 3.05) is 133 Å². The maximum absolute atomic E-state index is 12.8. The van der Waals surface area contributed by atoms with Crippen molar-refractivity contribution in [1.29, 1.82) is 0 Å². The molecule has 2 atom stereocenters. The van der Waals surface area contributed by atoms with Crippen LogP contribution in [0.3, 0.4) is 0 Å². The first-order valence-corrected chi connectivity index (χ1v) is 27.8. The number of rotatable bonds is 37. The SMILES string of the molecule is COCCOCCOCCO[C@@H](C)COCCOC(=O)c1ccc(-c2ccc(-c3ccc(-c4ccc(-c5ccc(-c6ccc(C(=O)OCCOC[C@H](C)OCCOCCOCCOC)s6)s5)s4)s3)s2)s1. The second-order valence-corrected chi connectivity index (χ2v) is 21.7. The van der Waals surface area contributed by atoms with Crippen LogP contribution in [0.4, 0.5) is 0 Å². The highest BCUT2D eigenvalue weighted by molar-refractivity contribution is 7.30. The van der Waals surface area contributed by atoms with Gasteiger partial charge in [0.05, 0.1) is 118 Å². The van der Waals surface area contributed by atoms with Crippen LogP contribution >= 0.6 is 68.0 Å². The molecular weight excluding hydrogens is 1020 g/mol. The van der Waals surface area contributed by atoms with Crippen molar-refractivity contribution in [3.05, 3.63) is 82.6 Å². The van der Waals surface area contributed by atoms with Gasteiger partial charge in [-0.05, 0) is 86.6 Å². The number of carbonyl (C=O) groups is 2. The highest BCUT2D eigenvalue weighted by Gasteiger charge is 2.18. The van der Waals surface area contributed by atoms with Crippen molar-refractivity contribution in [1.82, 2.24) is 0 Å². The molecule has 6 aromatic rings. The molecule has 0 spiro atoms.